The van der Waals surface area contributed by atoms with E-state index >= 15 is 0 Å². The van der Waals surface area contributed by atoms with Crippen LogP contribution in [0.25, 0.3) is 0 Å². The molecule has 0 aromatic heterocycles. The Labute approximate surface area is 118 Å². The lowest BCUT2D eigenvalue weighted by Crippen LogP contribution is -2.38. The lowest BCUT2D eigenvalue weighted by atomic mass is 10.2. The summed E-state index contributed by atoms with van der Waals surface area (Å²) in [6, 6.07) is 2.39. The Hall–Kier alpha value is -1.14. The van der Waals surface area contributed by atoms with Crippen molar-refractivity contribution in [3.8, 4) is 0 Å². The summed E-state index contributed by atoms with van der Waals surface area (Å²) in [5.41, 5.74) is -0.753. The molecular formula is C11H11Cl2F3N2O. The number of alkyl halides is 4. The van der Waals surface area contributed by atoms with Gasteiger partial charge >= 0.3 is 12.2 Å². The largest absolute Gasteiger partial charge is 0.417 e. The van der Waals surface area contributed by atoms with Gasteiger partial charge in [-0.3, -0.25) is 4.90 Å². The highest BCUT2D eigenvalue weighted by Crippen LogP contribution is 2.36. The molecule has 1 aromatic rings. The fourth-order valence-electron chi connectivity index (χ4n) is 1.37. The molecule has 0 aliphatic rings. The number of anilines is 1. The lowest BCUT2D eigenvalue weighted by Gasteiger charge is -2.24. The molecule has 0 saturated heterocycles. The van der Waals surface area contributed by atoms with E-state index in [0.717, 1.165) is 23.1 Å². The van der Waals surface area contributed by atoms with E-state index in [1.165, 1.54) is 19.0 Å². The standard InChI is InChI=1S/C11H11Cl2F3N2O/c1-17(2)10(19)18(6-12)7-3-4-8(9(13)5-7)11(14,15)16/h3-5H,6H2,1-2H3. The number of benzene rings is 1. The first-order chi connectivity index (χ1) is 8.68. The summed E-state index contributed by atoms with van der Waals surface area (Å²) in [4.78, 5) is 14.1. The molecule has 0 saturated carbocycles. The van der Waals surface area contributed by atoms with Crippen molar-refractivity contribution in [2.75, 3.05) is 25.0 Å². The second-order valence-electron chi connectivity index (χ2n) is 3.89. The Morgan fingerprint density at radius 1 is 1.32 bits per heavy atom. The molecule has 0 fully saturated rings. The van der Waals surface area contributed by atoms with Gasteiger partial charge in [-0.15, -0.1) is 11.6 Å². The highest BCUT2D eigenvalue weighted by molar-refractivity contribution is 6.32. The van der Waals surface area contributed by atoms with Crippen LogP contribution in [0.15, 0.2) is 18.2 Å². The smallest absolute Gasteiger partial charge is 0.330 e. The number of amides is 2. The van der Waals surface area contributed by atoms with Crippen molar-refractivity contribution in [1.82, 2.24) is 4.90 Å². The van der Waals surface area contributed by atoms with Crippen LogP contribution in [0.1, 0.15) is 5.56 Å². The second kappa shape index (κ2) is 5.88. The zero-order chi connectivity index (χ0) is 14.8. The van der Waals surface area contributed by atoms with Gasteiger partial charge in [-0.2, -0.15) is 13.2 Å². The lowest BCUT2D eigenvalue weighted by molar-refractivity contribution is -0.137. The number of halogens is 5. The van der Waals surface area contributed by atoms with E-state index in [-0.39, 0.29) is 11.7 Å². The maximum absolute atomic E-state index is 12.6. The number of hydrogen-bond acceptors (Lipinski definition) is 1. The molecule has 3 nitrogen and oxygen atoms in total. The van der Waals surface area contributed by atoms with Gasteiger partial charge in [0.1, 0.15) is 6.00 Å². The van der Waals surface area contributed by atoms with E-state index in [1.54, 1.807) is 0 Å². The molecule has 0 aliphatic heterocycles. The predicted molar refractivity (Wildman–Crippen MR) is 68.7 cm³/mol. The Morgan fingerprint density at radius 2 is 1.89 bits per heavy atom. The van der Waals surface area contributed by atoms with E-state index in [0.29, 0.717) is 0 Å². The van der Waals surface area contributed by atoms with Crippen LogP contribution < -0.4 is 4.90 Å². The van der Waals surface area contributed by atoms with E-state index in [1.807, 2.05) is 0 Å². The van der Waals surface area contributed by atoms with Gasteiger partial charge < -0.3 is 4.90 Å². The van der Waals surface area contributed by atoms with Crippen LogP contribution in [0.4, 0.5) is 23.7 Å². The minimum atomic E-state index is -4.53. The van der Waals surface area contributed by atoms with Crippen LogP contribution in [0.5, 0.6) is 0 Å². The maximum atomic E-state index is 12.6. The number of carbonyl (C=O) groups excluding carboxylic acids is 1. The molecule has 0 atom stereocenters. The van der Waals surface area contributed by atoms with Gasteiger partial charge in [0, 0.05) is 19.8 Å². The third-order valence-corrected chi connectivity index (χ3v) is 2.85. The van der Waals surface area contributed by atoms with Crippen molar-refractivity contribution in [3.63, 3.8) is 0 Å². The number of nitrogens with zero attached hydrogens (tertiary/aromatic N) is 2. The van der Waals surface area contributed by atoms with Gasteiger partial charge in [-0.1, -0.05) is 11.6 Å². The molecule has 19 heavy (non-hydrogen) atoms. The fourth-order valence-corrected chi connectivity index (χ4v) is 1.90. The van der Waals surface area contributed by atoms with Crippen LogP contribution in [-0.2, 0) is 6.18 Å². The summed E-state index contributed by atoms with van der Waals surface area (Å²) >= 11 is 11.2. The average molecular weight is 315 g/mol. The summed E-state index contributed by atoms with van der Waals surface area (Å²) in [6.45, 7) is 0. The highest BCUT2D eigenvalue weighted by atomic mass is 35.5. The van der Waals surface area contributed by atoms with Crippen molar-refractivity contribution in [2.45, 2.75) is 6.18 Å². The van der Waals surface area contributed by atoms with Crippen LogP contribution in [0, 0.1) is 0 Å². The van der Waals surface area contributed by atoms with Crippen LogP contribution in [0.3, 0.4) is 0 Å². The van der Waals surface area contributed by atoms with Crippen LogP contribution >= 0.6 is 23.2 Å². The Balaban J connectivity index is 3.16. The molecule has 0 spiro atoms. The zero-order valence-corrected chi connectivity index (χ0v) is 11.6. The number of carbonyl (C=O) groups is 1. The Kier molecular flexibility index (Phi) is 4.92. The van der Waals surface area contributed by atoms with Crippen LogP contribution in [0.2, 0.25) is 5.02 Å². The molecule has 0 radical (unpaired) electrons. The van der Waals surface area contributed by atoms with Crippen molar-refractivity contribution in [1.29, 1.82) is 0 Å². The first-order valence-corrected chi connectivity index (χ1v) is 6.01. The van der Waals surface area contributed by atoms with Crippen molar-refractivity contribution in [2.24, 2.45) is 0 Å². The average Bonchev–Trinajstić information content (AvgIpc) is 2.28. The molecule has 0 unspecified atom stereocenters. The SMILES string of the molecule is CN(C)C(=O)N(CCl)c1ccc(C(F)(F)F)c(Cl)c1. The molecule has 2 amide bonds. The molecule has 1 rings (SSSR count). The Bertz CT molecular complexity index is 477. The molecule has 0 heterocycles. The molecular weight excluding hydrogens is 304 g/mol. The van der Waals surface area contributed by atoms with E-state index in [2.05, 4.69) is 0 Å². The molecule has 0 aliphatic carbocycles. The molecule has 8 heteroatoms. The van der Waals surface area contributed by atoms with E-state index in [4.69, 9.17) is 23.2 Å². The minimum Gasteiger partial charge on any atom is -0.330 e. The molecule has 0 N–H and O–H groups in total. The van der Waals surface area contributed by atoms with Gasteiger partial charge in [0.2, 0.25) is 0 Å². The number of hydrogen-bond donors (Lipinski definition) is 0. The third-order valence-electron chi connectivity index (χ3n) is 2.30. The maximum Gasteiger partial charge on any atom is 0.417 e. The molecule has 1 aromatic carbocycles. The Morgan fingerprint density at radius 3 is 2.26 bits per heavy atom. The first kappa shape index (κ1) is 15.9. The van der Waals surface area contributed by atoms with E-state index < -0.39 is 22.8 Å². The number of urea groups is 1. The van der Waals surface area contributed by atoms with Crippen molar-refractivity contribution in [3.05, 3.63) is 28.8 Å². The van der Waals surface area contributed by atoms with Gasteiger partial charge in [-0.05, 0) is 18.2 Å². The summed E-state index contributed by atoms with van der Waals surface area (Å²) in [5, 5.41) is -0.480. The first-order valence-electron chi connectivity index (χ1n) is 5.10. The zero-order valence-electron chi connectivity index (χ0n) is 10.1. The van der Waals surface area contributed by atoms with Gasteiger partial charge in [0.05, 0.1) is 10.6 Å². The normalized spacial score (nSPS) is 11.3. The monoisotopic (exact) mass is 314 g/mol. The third kappa shape index (κ3) is 3.67. The van der Waals surface area contributed by atoms with Crippen molar-refractivity contribution < 1.29 is 18.0 Å². The van der Waals surface area contributed by atoms with Crippen molar-refractivity contribution >= 4 is 34.9 Å². The summed E-state index contributed by atoms with van der Waals surface area (Å²) in [5.74, 6) is 0. The quantitative estimate of drug-likeness (QED) is 0.597. The highest BCUT2D eigenvalue weighted by Gasteiger charge is 2.33. The number of rotatable bonds is 2. The van der Waals surface area contributed by atoms with Gasteiger partial charge in [0.25, 0.3) is 0 Å². The minimum absolute atomic E-state index is 0.196. The summed E-state index contributed by atoms with van der Waals surface area (Å²) in [6.07, 6.45) is -4.53. The second-order valence-corrected chi connectivity index (χ2v) is 4.53. The van der Waals surface area contributed by atoms with Gasteiger partial charge in [0.15, 0.2) is 0 Å². The molecule has 0 bridgehead atoms. The topological polar surface area (TPSA) is 23.6 Å². The summed E-state index contributed by atoms with van der Waals surface area (Å²) < 4.78 is 37.7. The predicted octanol–water partition coefficient (Wildman–Crippen LogP) is 4.04. The fraction of sp³-hybridized carbons (Fsp3) is 0.364. The van der Waals surface area contributed by atoms with Gasteiger partial charge in [-0.25, -0.2) is 4.79 Å². The van der Waals surface area contributed by atoms with E-state index in [9.17, 15) is 18.0 Å². The summed E-state index contributed by atoms with van der Waals surface area (Å²) in [7, 11) is 3.02. The molecule has 106 valence electrons. The van der Waals surface area contributed by atoms with Crippen LogP contribution in [-0.4, -0.2) is 31.0 Å².